The van der Waals surface area contributed by atoms with Crippen LogP contribution in [0.25, 0.3) is 10.9 Å². The van der Waals surface area contributed by atoms with Crippen LogP contribution in [0.3, 0.4) is 0 Å². The number of aromatic amines is 1. The summed E-state index contributed by atoms with van der Waals surface area (Å²) >= 11 is 0. The van der Waals surface area contributed by atoms with Gasteiger partial charge in [-0.2, -0.15) is 15.0 Å². The van der Waals surface area contributed by atoms with Gasteiger partial charge in [-0.3, -0.25) is 9.36 Å². The van der Waals surface area contributed by atoms with Crippen molar-refractivity contribution in [1.29, 1.82) is 0 Å². The summed E-state index contributed by atoms with van der Waals surface area (Å²) in [6, 6.07) is 6.88. The standard InChI is InChI=1S/C15H17N7O2/c1-21(2)14-19-11(18-13(16)20-14)7-8-22-12(23)9-5-3-4-6-10(9)17-15(22)24/h3-6H,7-8H2,1-2H3,(H,17,24)(H2,16,18,19,20). The number of nitrogen functional groups attached to an aromatic ring is 1. The number of H-pyrrole nitrogens is 1. The molecule has 0 bridgehead atoms. The molecular formula is C15H17N7O2. The van der Waals surface area contributed by atoms with E-state index in [1.807, 2.05) is 0 Å². The molecule has 1 aromatic carbocycles. The monoisotopic (exact) mass is 327 g/mol. The predicted molar refractivity (Wildman–Crippen MR) is 91.1 cm³/mol. The number of nitrogens with two attached hydrogens (primary N) is 1. The van der Waals surface area contributed by atoms with Gasteiger partial charge in [0.2, 0.25) is 11.9 Å². The van der Waals surface area contributed by atoms with Crippen molar-refractivity contribution in [3.63, 3.8) is 0 Å². The molecule has 2 aromatic heterocycles. The molecule has 0 atom stereocenters. The highest BCUT2D eigenvalue weighted by atomic mass is 16.2. The molecular weight excluding hydrogens is 310 g/mol. The number of nitrogens with one attached hydrogen (secondary N) is 1. The lowest BCUT2D eigenvalue weighted by molar-refractivity contribution is 0.618. The van der Waals surface area contributed by atoms with Crippen molar-refractivity contribution in [2.45, 2.75) is 13.0 Å². The third-order valence-electron chi connectivity index (χ3n) is 3.54. The first-order valence-electron chi connectivity index (χ1n) is 7.35. The average molecular weight is 327 g/mol. The van der Waals surface area contributed by atoms with Crippen LogP contribution in [-0.4, -0.2) is 38.6 Å². The van der Waals surface area contributed by atoms with Crippen molar-refractivity contribution in [3.05, 3.63) is 50.9 Å². The lowest BCUT2D eigenvalue weighted by Crippen LogP contribution is -2.35. The second-order valence-electron chi connectivity index (χ2n) is 5.49. The van der Waals surface area contributed by atoms with Gasteiger partial charge >= 0.3 is 5.69 Å². The highest BCUT2D eigenvalue weighted by Gasteiger charge is 2.10. The highest BCUT2D eigenvalue weighted by Crippen LogP contribution is 2.07. The quantitative estimate of drug-likeness (QED) is 0.678. The molecule has 2 heterocycles. The van der Waals surface area contributed by atoms with Crippen molar-refractivity contribution in [2.24, 2.45) is 0 Å². The fourth-order valence-electron chi connectivity index (χ4n) is 2.35. The number of benzene rings is 1. The number of rotatable bonds is 4. The molecule has 9 nitrogen and oxygen atoms in total. The van der Waals surface area contributed by atoms with E-state index in [0.29, 0.717) is 22.7 Å². The summed E-state index contributed by atoms with van der Waals surface area (Å²) in [6.45, 7) is 0.148. The molecule has 0 aliphatic rings. The van der Waals surface area contributed by atoms with E-state index in [-0.39, 0.29) is 24.5 Å². The van der Waals surface area contributed by atoms with Crippen LogP contribution in [0.1, 0.15) is 5.82 Å². The molecule has 0 amide bonds. The Balaban J connectivity index is 1.94. The molecule has 124 valence electrons. The normalized spacial score (nSPS) is 10.9. The Kier molecular flexibility index (Phi) is 3.98. The Labute approximate surface area is 136 Å². The zero-order valence-corrected chi connectivity index (χ0v) is 13.4. The zero-order valence-electron chi connectivity index (χ0n) is 13.4. The van der Waals surface area contributed by atoms with Crippen LogP contribution in [-0.2, 0) is 13.0 Å². The summed E-state index contributed by atoms with van der Waals surface area (Å²) < 4.78 is 1.14. The molecule has 0 saturated carbocycles. The minimum atomic E-state index is -0.464. The van der Waals surface area contributed by atoms with Crippen molar-refractivity contribution in [2.75, 3.05) is 24.7 Å². The number of hydrogen-bond donors (Lipinski definition) is 2. The summed E-state index contributed by atoms with van der Waals surface area (Å²) in [4.78, 5) is 41.3. The SMILES string of the molecule is CN(C)c1nc(N)nc(CCn2c(=O)[nH]c3ccccc3c2=O)n1. The first kappa shape index (κ1) is 15.7. The maximum Gasteiger partial charge on any atom is 0.328 e. The van der Waals surface area contributed by atoms with E-state index < -0.39 is 5.69 Å². The summed E-state index contributed by atoms with van der Waals surface area (Å²) in [5.74, 6) is 0.950. The van der Waals surface area contributed by atoms with E-state index in [4.69, 9.17) is 5.73 Å². The molecule has 0 radical (unpaired) electrons. The van der Waals surface area contributed by atoms with E-state index >= 15 is 0 Å². The topological polar surface area (TPSA) is 123 Å². The van der Waals surface area contributed by atoms with E-state index in [0.717, 1.165) is 4.57 Å². The fraction of sp³-hybridized carbons (Fsp3) is 0.267. The second-order valence-corrected chi connectivity index (χ2v) is 5.49. The van der Waals surface area contributed by atoms with Crippen molar-refractivity contribution in [1.82, 2.24) is 24.5 Å². The number of nitrogens with zero attached hydrogens (tertiary/aromatic N) is 5. The summed E-state index contributed by atoms with van der Waals surface area (Å²) in [6.07, 6.45) is 0.287. The summed E-state index contributed by atoms with van der Waals surface area (Å²) in [5.41, 5.74) is 5.38. The maximum absolute atomic E-state index is 12.5. The average Bonchev–Trinajstić information content (AvgIpc) is 2.54. The van der Waals surface area contributed by atoms with Gasteiger partial charge in [0.25, 0.3) is 5.56 Å². The lowest BCUT2D eigenvalue weighted by atomic mass is 10.2. The molecule has 3 N–H and O–H groups in total. The molecule has 0 unspecified atom stereocenters. The number of hydrogen-bond acceptors (Lipinski definition) is 7. The summed E-state index contributed by atoms with van der Waals surface area (Å²) in [5, 5.41) is 0.459. The van der Waals surface area contributed by atoms with Gasteiger partial charge in [0.05, 0.1) is 10.9 Å². The molecule has 0 saturated heterocycles. The van der Waals surface area contributed by atoms with Gasteiger partial charge in [0, 0.05) is 27.1 Å². The summed E-state index contributed by atoms with van der Waals surface area (Å²) in [7, 11) is 3.58. The van der Waals surface area contributed by atoms with Crippen LogP contribution in [0.4, 0.5) is 11.9 Å². The number of aryl methyl sites for hydroxylation is 1. The maximum atomic E-state index is 12.5. The minimum Gasteiger partial charge on any atom is -0.368 e. The van der Waals surface area contributed by atoms with Gasteiger partial charge in [0.15, 0.2) is 0 Å². The van der Waals surface area contributed by atoms with Gasteiger partial charge in [-0.05, 0) is 12.1 Å². The Bertz CT molecular complexity index is 1010. The minimum absolute atomic E-state index is 0.100. The van der Waals surface area contributed by atoms with Crippen molar-refractivity contribution in [3.8, 4) is 0 Å². The van der Waals surface area contributed by atoms with Crippen molar-refractivity contribution < 1.29 is 0 Å². The molecule has 3 aromatic rings. The van der Waals surface area contributed by atoms with Crippen LogP contribution in [0.2, 0.25) is 0 Å². The third-order valence-corrected chi connectivity index (χ3v) is 3.54. The van der Waals surface area contributed by atoms with E-state index in [1.54, 1.807) is 43.3 Å². The molecule has 0 fully saturated rings. The Hall–Kier alpha value is -3.23. The van der Waals surface area contributed by atoms with E-state index in [1.165, 1.54) is 0 Å². The Morgan fingerprint density at radius 2 is 1.92 bits per heavy atom. The van der Waals surface area contributed by atoms with Gasteiger partial charge in [-0.1, -0.05) is 12.1 Å². The molecule has 0 aliphatic carbocycles. The van der Waals surface area contributed by atoms with Crippen LogP contribution >= 0.6 is 0 Å². The van der Waals surface area contributed by atoms with E-state index in [9.17, 15) is 9.59 Å². The Morgan fingerprint density at radius 3 is 2.67 bits per heavy atom. The van der Waals surface area contributed by atoms with Crippen molar-refractivity contribution >= 4 is 22.8 Å². The predicted octanol–water partition coefficient (Wildman–Crippen LogP) is -0.234. The molecule has 3 rings (SSSR count). The molecule has 0 aliphatic heterocycles. The fourth-order valence-corrected chi connectivity index (χ4v) is 2.35. The third kappa shape index (κ3) is 2.96. The molecule has 0 spiro atoms. The van der Waals surface area contributed by atoms with Gasteiger partial charge < -0.3 is 15.6 Å². The van der Waals surface area contributed by atoms with Gasteiger partial charge in [-0.25, -0.2) is 4.79 Å². The van der Waals surface area contributed by atoms with E-state index in [2.05, 4.69) is 19.9 Å². The van der Waals surface area contributed by atoms with Crippen LogP contribution < -0.4 is 21.9 Å². The van der Waals surface area contributed by atoms with Gasteiger partial charge in [0.1, 0.15) is 5.82 Å². The smallest absolute Gasteiger partial charge is 0.328 e. The first-order chi connectivity index (χ1) is 11.5. The zero-order chi connectivity index (χ0) is 17.3. The van der Waals surface area contributed by atoms with Crippen LogP contribution in [0.15, 0.2) is 33.9 Å². The van der Waals surface area contributed by atoms with Crippen LogP contribution in [0, 0.1) is 0 Å². The first-order valence-corrected chi connectivity index (χ1v) is 7.35. The number of anilines is 2. The molecule has 9 heteroatoms. The highest BCUT2D eigenvalue weighted by molar-refractivity contribution is 5.76. The molecule has 24 heavy (non-hydrogen) atoms. The largest absolute Gasteiger partial charge is 0.368 e. The lowest BCUT2D eigenvalue weighted by Gasteiger charge is -2.11. The number of fused-ring (bicyclic) bond motifs is 1. The number of aromatic nitrogens is 5. The van der Waals surface area contributed by atoms with Gasteiger partial charge in [-0.15, -0.1) is 0 Å². The number of para-hydroxylation sites is 1. The Morgan fingerprint density at radius 1 is 1.17 bits per heavy atom. The second kappa shape index (κ2) is 6.11. The van der Waals surface area contributed by atoms with Crippen LogP contribution in [0.5, 0.6) is 0 Å².